The van der Waals surface area contributed by atoms with Gasteiger partial charge in [-0.3, -0.25) is 9.59 Å². The predicted octanol–water partition coefficient (Wildman–Crippen LogP) is 0.0750. The molecule has 0 N–H and O–H groups in total. The lowest BCUT2D eigenvalue weighted by atomic mass is 10.2. The average Bonchev–Trinajstić information content (AvgIpc) is 2.91. The number of hydrogen-bond acceptors (Lipinski definition) is 3. The molecule has 0 aromatic heterocycles. The molecular formula is C11H17ClN2O3. The molecule has 2 rings (SSSR count). The van der Waals surface area contributed by atoms with Crippen LogP contribution in [-0.4, -0.2) is 66.4 Å². The van der Waals surface area contributed by atoms with Crippen LogP contribution in [0.25, 0.3) is 0 Å². The fourth-order valence-electron chi connectivity index (χ4n) is 2.24. The topological polar surface area (TPSA) is 49.9 Å². The number of carbonyl (C=O) groups is 2. The summed E-state index contributed by atoms with van der Waals surface area (Å²) in [6, 6.07) is 0. The number of piperazine rings is 1. The molecule has 6 heteroatoms. The van der Waals surface area contributed by atoms with Gasteiger partial charge < -0.3 is 14.5 Å². The molecule has 0 aromatic carbocycles. The van der Waals surface area contributed by atoms with E-state index in [4.69, 9.17) is 16.3 Å². The Hall–Kier alpha value is -0.810. The van der Waals surface area contributed by atoms with E-state index in [0.29, 0.717) is 32.8 Å². The van der Waals surface area contributed by atoms with Crippen LogP contribution in [0.3, 0.4) is 0 Å². The maximum absolute atomic E-state index is 12.0. The number of alkyl halides is 1. The Balaban J connectivity index is 1.82. The Kier molecular flexibility index (Phi) is 4.23. The molecular weight excluding hydrogens is 244 g/mol. The minimum Gasteiger partial charge on any atom is -0.368 e. The van der Waals surface area contributed by atoms with Gasteiger partial charge in [-0.25, -0.2) is 0 Å². The molecule has 0 aliphatic carbocycles. The van der Waals surface area contributed by atoms with Gasteiger partial charge in [-0.2, -0.15) is 0 Å². The summed E-state index contributed by atoms with van der Waals surface area (Å²) in [7, 11) is 0. The summed E-state index contributed by atoms with van der Waals surface area (Å²) in [5.41, 5.74) is 0. The molecule has 0 bridgehead atoms. The molecule has 0 spiro atoms. The molecule has 0 aromatic rings. The third-order valence-corrected chi connectivity index (χ3v) is 3.49. The van der Waals surface area contributed by atoms with E-state index in [9.17, 15) is 9.59 Å². The van der Waals surface area contributed by atoms with Crippen LogP contribution in [0.5, 0.6) is 0 Å². The monoisotopic (exact) mass is 260 g/mol. The number of halogens is 1. The van der Waals surface area contributed by atoms with E-state index in [2.05, 4.69) is 0 Å². The first-order chi connectivity index (χ1) is 8.22. The second-order valence-corrected chi connectivity index (χ2v) is 4.61. The molecule has 2 fully saturated rings. The second kappa shape index (κ2) is 5.69. The van der Waals surface area contributed by atoms with Crippen molar-refractivity contribution >= 4 is 23.4 Å². The minimum atomic E-state index is -0.259. The van der Waals surface area contributed by atoms with Crippen molar-refractivity contribution in [1.29, 1.82) is 0 Å². The van der Waals surface area contributed by atoms with Crippen molar-refractivity contribution in [2.75, 3.05) is 38.7 Å². The fraction of sp³-hybridized carbons (Fsp3) is 0.818. The Bertz CT molecular complexity index is 297. The zero-order valence-corrected chi connectivity index (χ0v) is 10.5. The van der Waals surface area contributed by atoms with Crippen molar-refractivity contribution in [3.05, 3.63) is 0 Å². The third-order valence-electron chi connectivity index (χ3n) is 3.26. The van der Waals surface area contributed by atoms with E-state index >= 15 is 0 Å². The van der Waals surface area contributed by atoms with Gasteiger partial charge in [0.15, 0.2) is 0 Å². The summed E-state index contributed by atoms with van der Waals surface area (Å²) in [5.74, 6) is 0.0241. The second-order valence-electron chi connectivity index (χ2n) is 4.34. The number of nitrogens with zero attached hydrogens (tertiary/aromatic N) is 2. The largest absolute Gasteiger partial charge is 0.368 e. The molecule has 0 unspecified atom stereocenters. The van der Waals surface area contributed by atoms with Crippen LogP contribution in [0, 0.1) is 0 Å². The van der Waals surface area contributed by atoms with Gasteiger partial charge in [0.1, 0.15) is 12.0 Å². The highest BCUT2D eigenvalue weighted by molar-refractivity contribution is 6.27. The lowest BCUT2D eigenvalue weighted by Crippen LogP contribution is -2.53. The van der Waals surface area contributed by atoms with Gasteiger partial charge in [-0.1, -0.05) is 0 Å². The number of hydrogen-bond donors (Lipinski definition) is 0. The van der Waals surface area contributed by atoms with E-state index < -0.39 is 0 Å². The Morgan fingerprint density at radius 2 is 1.82 bits per heavy atom. The first-order valence-corrected chi connectivity index (χ1v) is 6.50. The molecule has 96 valence electrons. The van der Waals surface area contributed by atoms with Crippen LogP contribution < -0.4 is 0 Å². The summed E-state index contributed by atoms with van der Waals surface area (Å²) in [6.45, 7) is 3.00. The summed E-state index contributed by atoms with van der Waals surface area (Å²) < 4.78 is 5.37. The van der Waals surface area contributed by atoms with E-state index in [1.54, 1.807) is 9.80 Å². The molecule has 0 saturated carbocycles. The highest BCUT2D eigenvalue weighted by Gasteiger charge is 2.30. The van der Waals surface area contributed by atoms with Crippen LogP contribution in [0.4, 0.5) is 0 Å². The zero-order chi connectivity index (χ0) is 12.3. The van der Waals surface area contributed by atoms with Crippen LogP contribution >= 0.6 is 11.6 Å². The van der Waals surface area contributed by atoms with Crippen molar-refractivity contribution in [3.8, 4) is 0 Å². The van der Waals surface area contributed by atoms with E-state index in [1.807, 2.05) is 0 Å². The van der Waals surface area contributed by atoms with Crippen molar-refractivity contribution in [1.82, 2.24) is 9.80 Å². The van der Waals surface area contributed by atoms with Gasteiger partial charge in [-0.05, 0) is 12.8 Å². The summed E-state index contributed by atoms with van der Waals surface area (Å²) in [5, 5.41) is 0. The lowest BCUT2D eigenvalue weighted by molar-refractivity contribution is -0.145. The van der Waals surface area contributed by atoms with Crippen molar-refractivity contribution < 1.29 is 14.3 Å². The Labute approximate surface area is 106 Å². The van der Waals surface area contributed by atoms with E-state index in [0.717, 1.165) is 12.8 Å². The van der Waals surface area contributed by atoms with Gasteiger partial charge in [0.25, 0.3) is 5.91 Å². The number of amides is 2. The van der Waals surface area contributed by atoms with Crippen molar-refractivity contribution in [2.24, 2.45) is 0 Å². The highest BCUT2D eigenvalue weighted by atomic mass is 35.5. The molecule has 0 radical (unpaired) electrons. The van der Waals surface area contributed by atoms with E-state index in [-0.39, 0.29) is 23.8 Å². The minimum absolute atomic E-state index is 0.0136. The Morgan fingerprint density at radius 3 is 2.35 bits per heavy atom. The molecule has 5 nitrogen and oxygen atoms in total. The number of carbonyl (C=O) groups excluding carboxylic acids is 2. The first-order valence-electron chi connectivity index (χ1n) is 5.96. The van der Waals surface area contributed by atoms with Gasteiger partial charge >= 0.3 is 0 Å². The normalized spacial score (nSPS) is 25.1. The maximum atomic E-state index is 12.0. The highest BCUT2D eigenvalue weighted by Crippen LogP contribution is 2.16. The standard InChI is InChI=1S/C11H17ClN2O3/c12-8-10(15)13-3-5-14(6-4-13)11(16)9-2-1-7-17-9/h9H,1-8H2/t9-/m0/s1. The summed E-state index contributed by atoms with van der Waals surface area (Å²) in [6.07, 6.45) is 1.52. The number of ether oxygens (including phenoxy) is 1. The van der Waals surface area contributed by atoms with Gasteiger partial charge in [-0.15, -0.1) is 11.6 Å². The fourth-order valence-corrected chi connectivity index (χ4v) is 2.41. The number of rotatable bonds is 2. The smallest absolute Gasteiger partial charge is 0.251 e. The zero-order valence-electron chi connectivity index (χ0n) is 9.73. The predicted molar refractivity (Wildman–Crippen MR) is 62.9 cm³/mol. The molecule has 2 heterocycles. The molecule has 1 atom stereocenters. The van der Waals surface area contributed by atoms with Gasteiger partial charge in [0.05, 0.1) is 0 Å². The molecule has 2 aliphatic rings. The molecule has 2 saturated heterocycles. The maximum Gasteiger partial charge on any atom is 0.251 e. The SMILES string of the molecule is O=C(CCl)N1CCN(C(=O)[C@@H]2CCCO2)CC1. The first kappa shape index (κ1) is 12.6. The van der Waals surface area contributed by atoms with Crippen molar-refractivity contribution in [2.45, 2.75) is 18.9 Å². The van der Waals surface area contributed by atoms with Crippen LogP contribution in [0.2, 0.25) is 0 Å². The molecule has 17 heavy (non-hydrogen) atoms. The van der Waals surface area contributed by atoms with E-state index in [1.165, 1.54) is 0 Å². The van der Waals surface area contributed by atoms with Crippen LogP contribution in [0.1, 0.15) is 12.8 Å². The lowest BCUT2D eigenvalue weighted by Gasteiger charge is -2.35. The van der Waals surface area contributed by atoms with Gasteiger partial charge in [0.2, 0.25) is 5.91 Å². The van der Waals surface area contributed by atoms with Crippen molar-refractivity contribution in [3.63, 3.8) is 0 Å². The van der Waals surface area contributed by atoms with Crippen LogP contribution in [-0.2, 0) is 14.3 Å². The Morgan fingerprint density at radius 1 is 1.18 bits per heavy atom. The summed E-state index contributed by atoms with van der Waals surface area (Å²) in [4.78, 5) is 26.9. The van der Waals surface area contributed by atoms with Crippen LogP contribution in [0.15, 0.2) is 0 Å². The quantitative estimate of drug-likeness (QED) is 0.661. The van der Waals surface area contributed by atoms with Gasteiger partial charge in [0, 0.05) is 32.8 Å². The average molecular weight is 261 g/mol. The third kappa shape index (κ3) is 2.90. The summed E-state index contributed by atoms with van der Waals surface area (Å²) >= 11 is 5.50. The molecule has 2 amide bonds. The molecule has 2 aliphatic heterocycles.